The fourth-order valence-corrected chi connectivity index (χ4v) is 3.20. The number of rotatable bonds is 3. The molecule has 0 aliphatic carbocycles. The molecule has 2 aliphatic heterocycles. The number of hydrogen-bond acceptors (Lipinski definition) is 3. The molecule has 2 amide bonds. The number of likely N-dealkylation sites (tertiary alicyclic amines) is 1. The minimum absolute atomic E-state index is 0.000994. The summed E-state index contributed by atoms with van der Waals surface area (Å²) in [5.74, 6) is 0.217. The van der Waals surface area contributed by atoms with E-state index in [1.807, 2.05) is 27.7 Å². The third-order valence-corrected chi connectivity index (χ3v) is 5.11. The number of nitrogens with zero attached hydrogens (tertiary/aromatic N) is 1. The Bertz CT molecular complexity index is 374. The summed E-state index contributed by atoms with van der Waals surface area (Å²) < 4.78 is 0. The molecule has 2 aliphatic rings. The molecule has 0 saturated carbocycles. The summed E-state index contributed by atoms with van der Waals surface area (Å²) in [5.41, 5.74) is -0.514. The number of hydrogen-bond donors (Lipinski definition) is 1. The predicted octanol–water partition coefficient (Wildman–Crippen LogP) is 1.94. The molecule has 2 fully saturated rings. The van der Waals surface area contributed by atoms with E-state index in [1.165, 1.54) is 17.7 Å². The standard InChI is InChI=1S/C15H26N2O2/c1-10(2)15(4)9-13(18)17(14(15)19)11(3)12-7-5-6-8-16-12/h10-12,16H,5-9H2,1-4H3. The molecule has 108 valence electrons. The smallest absolute Gasteiger partial charge is 0.236 e. The molecule has 0 spiro atoms. The van der Waals surface area contributed by atoms with Crippen molar-refractivity contribution in [3.8, 4) is 0 Å². The second-order valence-corrected chi connectivity index (χ2v) is 6.61. The molecule has 2 saturated heterocycles. The Morgan fingerprint density at radius 2 is 1.95 bits per heavy atom. The van der Waals surface area contributed by atoms with Crippen molar-refractivity contribution in [1.82, 2.24) is 10.2 Å². The fraction of sp³-hybridized carbons (Fsp3) is 0.867. The van der Waals surface area contributed by atoms with Gasteiger partial charge in [0.25, 0.3) is 0 Å². The van der Waals surface area contributed by atoms with Crippen LogP contribution in [0.15, 0.2) is 0 Å². The largest absolute Gasteiger partial charge is 0.312 e. The van der Waals surface area contributed by atoms with E-state index in [9.17, 15) is 9.59 Å². The lowest BCUT2D eigenvalue weighted by Gasteiger charge is -2.35. The topological polar surface area (TPSA) is 49.4 Å². The quantitative estimate of drug-likeness (QED) is 0.794. The van der Waals surface area contributed by atoms with Crippen LogP contribution in [0.1, 0.15) is 53.4 Å². The fourth-order valence-electron chi connectivity index (χ4n) is 3.20. The van der Waals surface area contributed by atoms with Crippen LogP contribution >= 0.6 is 0 Å². The molecule has 0 aromatic heterocycles. The molecule has 1 N–H and O–H groups in total. The molecule has 2 heterocycles. The lowest BCUT2D eigenvalue weighted by molar-refractivity contribution is -0.145. The van der Waals surface area contributed by atoms with Gasteiger partial charge in [0, 0.05) is 12.5 Å². The summed E-state index contributed by atoms with van der Waals surface area (Å²) >= 11 is 0. The first-order valence-corrected chi connectivity index (χ1v) is 7.48. The molecule has 4 nitrogen and oxygen atoms in total. The van der Waals surface area contributed by atoms with Gasteiger partial charge < -0.3 is 5.32 Å². The number of imide groups is 1. The van der Waals surface area contributed by atoms with E-state index in [0.717, 1.165) is 13.0 Å². The van der Waals surface area contributed by atoms with Crippen LogP contribution in [0.4, 0.5) is 0 Å². The molecule has 0 aromatic rings. The number of nitrogens with one attached hydrogen (secondary N) is 1. The van der Waals surface area contributed by atoms with E-state index in [-0.39, 0.29) is 29.8 Å². The SMILES string of the molecule is CC(C1CCCCN1)N1C(=O)CC(C)(C(C)C)C1=O. The minimum atomic E-state index is -0.514. The van der Waals surface area contributed by atoms with Crippen molar-refractivity contribution < 1.29 is 9.59 Å². The lowest BCUT2D eigenvalue weighted by Crippen LogP contribution is -2.53. The summed E-state index contributed by atoms with van der Waals surface area (Å²) in [7, 11) is 0. The Hall–Kier alpha value is -0.900. The third kappa shape index (κ3) is 2.42. The molecule has 3 atom stereocenters. The summed E-state index contributed by atoms with van der Waals surface area (Å²) in [5, 5.41) is 3.45. The van der Waals surface area contributed by atoms with Gasteiger partial charge in [0.1, 0.15) is 0 Å². The maximum Gasteiger partial charge on any atom is 0.236 e. The van der Waals surface area contributed by atoms with Crippen LogP contribution < -0.4 is 5.32 Å². The van der Waals surface area contributed by atoms with Crippen LogP contribution in [-0.2, 0) is 9.59 Å². The van der Waals surface area contributed by atoms with Gasteiger partial charge in [-0.3, -0.25) is 14.5 Å². The normalized spacial score (nSPS) is 34.2. The van der Waals surface area contributed by atoms with Crippen molar-refractivity contribution in [3.63, 3.8) is 0 Å². The molecule has 0 bridgehead atoms. The molecular formula is C15H26N2O2. The molecule has 19 heavy (non-hydrogen) atoms. The zero-order chi connectivity index (χ0) is 14.2. The van der Waals surface area contributed by atoms with Gasteiger partial charge in [-0.1, -0.05) is 20.3 Å². The first-order valence-electron chi connectivity index (χ1n) is 7.48. The van der Waals surface area contributed by atoms with Gasteiger partial charge in [-0.25, -0.2) is 0 Å². The first-order chi connectivity index (χ1) is 8.88. The molecule has 0 aromatic carbocycles. The summed E-state index contributed by atoms with van der Waals surface area (Å²) in [6.07, 6.45) is 3.78. The highest BCUT2D eigenvalue weighted by molar-refractivity contribution is 6.06. The van der Waals surface area contributed by atoms with Crippen molar-refractivity contribution in [2.75, 3.05) is 6.54 Å². The van der Waals surface area contributed by atoms with Crippen LogP contribution in [0, 0.1) is 11.3 Å². The molecule has 0 radical (unpaired) electrons. The van der Waals surface area contributed by atoms with E-state index in [0.29, 0.717) is 6.42 Å². The maximum absolute atomic E-state index is 12.6. The van der Waals surface area contributed by atoms with E-state index in [2.05, 4.69) is 5.32 Å². The monoisotopic (exact) mass is 266 g/mol. The Balaban J connectivity index is 2.15. The van der Waals surface area contributed by atoms with E-state index < -0.39 is 5.41 Å². The van der Waals surface area contributed by atoms with Crippen molar-refractivity contribution in [2.45, 2.75) is 65.5 Å². The van der Waals surface area contributed by atoms with Crippen LogP contribution in [0.5, 0.6) is 0 Å². The highest BCUT2D eigenvalue weighted by Crippen LogP contribution is 2.40. The molecule has 2 rings (SSSR count). The van der Waals surface area contributed by atoms with Gasteiger partial charge in [-0.2, -0.15) is 0 Å². The van der Waals surface area contributed by atoms with Gasteiger partial charge in [0.05, 0.1) is 11.5 Å². The number of carbonyl (C=O) groups excluding carboxylic acids is 2. The lowest BCUT2D eigenvalue weighted by atomic mass is 9.77. The van der Waals surface area contributed by atoms with Crippen molar-refractivity contribution in [3.05, 3.63) is 0 Å². The molecular weight excluding hydrogens is 240 g/mol. The van der Waals surface area contributed by atoms with Crippen LogP contribution in [-0.4, -0.2) is 35.3 Å². The van der Waals surface area contributed by atoms with Crippen LogP contribution in [0.2, 0.25) is 0 Å². The molecule has 3 unspecified atom stereocenters. The first kappa shape index (κ1) is 14.5. The Labute approximate surface area is 115 Å². The van der Waals surface area contributed by atoms with Gasteiger partial charge in [-0.05, 0) is 39.2 Å². The van der Waals surface area contributed by atoms with Gasteiger partial charge >= 0.3 is 0 Å². The minimum Gasteiger partial charge on any atom is -0.312 e. The third-order valence-electron chi connectivity index (χ3n) is 5.11. The van der Waals surface area contributed by atoms with Crippen LogP contribution in [0.3, 0.4) is 0 Å². The number of piperidine rings is 1. The van der Waals surface area contributed by atoms with E-state index in [4.69, 9.17) is 0 Å². The number of amides is 2. The zero-order valence-corrected chi connectivity index (χ0v) is 12.5. The van der Waals surface area contributed by atoms with Gasteiger partial charge in [0.15, 0.2) is 0 Å². The average molecular weight is 266 g/mol. The average Bonchev–Trinajstić information content (AvgIpc) is 2.61. The van der Waals surface area contributed by atoms with E-state index >= 15 is 0 Å². The van der Waals surface area contributed by atoms with Gasteiger partial charge in [0.2, 0.25) is 11.8 Å². The van der Waals surface area contributed by atoms with E-state index in [1.54, 1.807) is 0 Å². The summed E-state index contributed by atoms with van der Waals surface area (Å²) in [6, 6.07) is 0.233. The highest BCUT2D eigenvalue weighted by atomic mass is 16.2. The summed E-state index contributed by atoms with van der Waals surface area (Å²) in [4.78, 5) is 26.4. The van der Waals surface area contributed by atoms with Crippen LogP contribution in [0.25, 0.3) is 0 Å². The summed E-state index contributed by atoms with van der Waals surface area (Å²) in [6.45, 7) is 8.98. The Morgan fingerprint density at radius 1 is 1.26 bits per heavy atom. The highest BCUT2D eigenvalue weighted by Gasteiger charge is 2.52. The number of carbonyl (C=O) groups is 2. The van der Waals surface area contributed by atoms with Crippen molar-refractivity contribution in [2.24, 2.45) is 11.3 Å². The predicted molar refractivity (Wildman–Crippen MR) is 74.5 cm³/mol. The second kappa shape index (κ2) is 5.23. The molecule has 4 heteroatoms. The maximum atomic E-state index is 12.6. The van der Waals surface area contributed by atoms with Crippen molar-refractivity contribution >= 4 is 11.8 Å². The zero-order valence-electron chi connectivity index (χ0n) is 12.5. The van der Waals surface area contributed by atoms with Gasteiger partial charge in [-0.15, -0.1) is 0 Å². The van der Waals surface area contributed by atoms with Crippen molar-refractivity contribution in [1.29, 1.82) is 0 Å². The second-order valence-electron chi connectivity index (χ2n) is 6.61. The Morgan fingerprint density at radius 3 is 2.42 bits per heavy atom. The Kier molecular flexibility index (Phi) is 4.00.